The molecule has 0 aliphatic heterocycles. The number of nitrogens with two attached hydrogens (primary N) is 1. The van der Waals surface area contributed by atoms with Crippen LogP contribution in [0.2, 0.25) is 0 Å². The number of benzene rings is 1. The number of nitrogens with one attached hydrogen (secondary N) is 2. The topological polar surface area (TPSA) is 67.1 Å². The highest BCUT2D eigenvalue weighted by Gasteiger charge is 2.07. The van der Waals surface area contributed by atoms with Gasteiger partial charge >= 0.3 is 0 Å². The highest BCUT2D eigenvalue weighted by atomic mass is 16.2. The number of hydrogen-bond donors (Lipinski definition) is 3. The summed E-state index contributed by atoms with van der Waals surface area (Å²) in [6.45, 7) is 1.75. The fourth-order valence-corrected chi connectivity index (χ4v) is 1.02. The van der Waals surface area contributed by atoms with E-state index in [0.29, 0.717) is 5.70 Å². The third kappa shape index (κ3) is 3.02. The quantitative estimate of drug-likeness (QED) is 0.646. The van der Waals surface area contributed by atoms with E-state index in [-0.39, 0.29) is 11.6 Å². The lowest BCUT2D eigenvalue weighted by atomic mass is 10.3. The van der Waals surface area contributed by atoms with Crippen molar-refractivity contribution in [1.82, 2.24) is 5.32 Å². The van der Waals surface area contributed by atoms with Gasteiger partial charge in [-0.3, -0.25) is 4.79 Å². The first-order valence-corrected chi connectivity index (χ1v) is 4.65. The lowest BCUT2D eigenvalue weighted by Gasteiger charge is -2.08. The van der Waals surface area contributed by atoms with Gasteiger partial charge in [0.2, 0.25) is 0 Å². The zero-order valence-electron chi connectivity index (χ0n) is 8.87. The van der Waals surface area contributed by atoms with Gasteiger partial charge in [0.05, 0.1) is 0 Å². The van der Waals surface area contributed by atoms with Crippen LogP contribution in [0, 0.1) is 0 Å². The van der Waals surface area contributed by atoms with Crippen LogP contribution in [0.4, 0.5) is 5.69 Å². The lowest BCUT2D eigenvalue weighted by Crippen LogP contribution is -2.24. The summed E-state index contributed by atoms with van der Waals surface area (Å²) in [5.41, 5.74) is 7.21. The minimum Gasteiger partial charge on any atom is -0.393 e. The van der Waals surface area contributed by atoms with Crippen molar-refractivity contribution >= 4 is 11.6 Å². The molecule has 0 aromatic heterocycles. The van der Waals surface area contributed by atoms with E-state index < -0.39 is 0 Å². The molecular formula is C11H15N3O. The first-order chi connectivity index (χ1) is 7.15. The van der Waals surface area contributed by atoms with Crippen molar-refractivity contribution in [3.05, 3.63) is 41.7 Å². The van der Waals surface area contributed by atoms with Crippen LogP contribution in [0.25, 0.3) is 0 Å². The SMILES string of the molecule is CN/C(C)=C(/N)C(=O)Nc1ccccc1. The average Bonchev–Trinajstić information content (AvgIpc) is 2.28. The van der Waals surface area contributed by atoms with E-state index in [1.807, 2.05) is 18.2 Å². The van der Waals surface area contributed by atoms with Gasteiger partial charge in [-0.05, 0) is 19.1 Å². The summed E-state index contributed by atoms with van der Waals surface area (Å²) in [6, 6.07) is 9.19. The molecule has 0 saturated carbocycles. The Hall–Kier alpha value is -1.97. The fourth-order valence-electron chi connectivity index (χ4n) is 1.02. The predicted octanol–water partition coefficient (Wildman–Crippen LogP) is 1.03. The normalized spacial score (nSPS) is 11.6. The minimum absolute atomic E-state index is 0.196. The van der Waals surface area contributed by atoms with Crippen LogP contribution in [0.3, 0.4) is 0 Å². The Balaban J connectivity index is 2.73. The van der Waals surface area contributed by atoms with Gasteiger partial charge in [-0.1, -0.05) is 18.2 Å². The van der Waals surface area contributed by atoms with Gasteiger partial charge in [0, 0.05) is 18.4 Å². The molecule has 0 spiro atoms. The largest absolute Gasteiger partial charge is 0.393 e. The van der Waals surface area contributed by atoms with Gasteiger partial charge < -0.3 is 16.4 Å². The van der Waals surface area contributed by atoms with Gasteiger partial charge in [0.1, 0.15) is 5.70 Å². The van der Waals surface area contributed by atoms with E-state index >= 15 is 0 Å². The third-order valence-electron chi connectivity index (χ3n) is 2.06. The first-order valence-electron chi connectivity index (χ1n) is 4.65. The molecule has 15 heavy (non-hydrogen) atoms. The molecule has 1 aromatic rings. The molecule has 0 heterocycles. The molecule has 4 nitrogen and oxygen atoms in total. The number of carbonyl (C=O) groups excluding carboxylic acids is 1. The fraction of sp³-hybridized carbons (Fsp3) is 0.182. The summed E-state index contributed by atoms with van der Waals surface area (Å²) in [5.74, 6) is -0.298. The van der Waals surface area contributed by atoms with Crippen molar-refractivity contribution in [3.63, 3.8) is 0 Å². The second kappa shape index (κ2) is 5.05. The molecule has 0 unspecified atom stereocenters. The molecule has 1 aromatic carbocycles. The van der Waals surface area contributed by atoms with Crippen LogP contribution < -0.4 is 16.4 Å². The third-order valence-corrected chi connectivity index (χ3v) is 2.06. The molecule has 4 heteroatoms. The molecule has 0 fully saturated rings. The van der Waals surface area contributed by atoms with Crippen molar-refractivity contribution in [2.24, 2.45) is 5.73 Å². The minimum atomic E-state index is -0.298. The Labute approximate surface area is 89.2 Å². The summed E-state index contributed by atoms with van der Waals surface area (Å²) in [5, 5.41) is 5.52. The molecule has 4 N–H and O–H groups in total. The number of carbonyl (C=O) groups is 1. The number of hydrogen-bond acceptors (Lipinski definition) is 3. The highest BCUT2D eigenvalue weighted by molar-refractivity contribution is 6.03. The highest BCUT2D eigenvalue weighted by Crippen LogP contribution is 2.06. The number of allylic oxidation sites excluding steroid dienone is 1. The van der Waals surface area contributed by atoms with E-state index in [0.717, 1.165) is 5.69 Å². The van der Waals surface area contributed by atoms with Crippen LogP contribution in [0.5, 0.6) is 0 Å². The summed E-state index contributed by atoms with van der Waals surface area (Å²) in [6.07, 6.45) is 0. The zero-order chi connectivity index (χ0) is 11.3. The Morgan fingerprint density at radius 1 is 1.27 bits per heavy atom. The van der Waals surface area contributed by atoms with E-state index in [4.69, 9.17) is 5.73 Å². The first kappa shape index (κ1) is 11.1. The van der Waals surface area contributed by atoms with Crippen LogP contribution in [0.15, 0.2) is 41.7 Å². The van der Waals surface area contributed by atoms with E-state index in [2.05, 4.69) is 10.6 Å². The lowest BCUT2D eigenvalue weighted by molar-refractivity contribution is -0.113. The Morgan fingerprint density at radius 3 is 2.40 bits per heavy atom. The van der Waals surface area contributed by atoms with Crippen molar-refractivity contribution in [2.45, 2.75) is 6.92 Å². The Kier molecular flexibility index (Phi) is 3.74. The van der Waals surface area contributed by atoms with Crippen molar-refractivity contribution in [3.8, 4) is 0 Å². The summed E-state index contributed by atoms with van der Waals surface area (Å²) in [4.78, 5) is 11.6. The van der Waals surface area contributed by atoms with Gasteiger partial charge in [-0.15, -0.1) is 0 Å². The van der Waals surface area contributed by atoms with Gasteiger partial charge in [0.25, 0.3) is 5.91 Å². The standard InChI is InChI=1S/C11H15N3O/c1-8(13-2)10(12)11(15)14-9-6-4-3-5-7-9/h3-7,13H,12H2,1-2H3,(H,14,15)/b10-8+. The van der Waals surface area contributed by atoms with Gasteiger partial charge in [-0.25, -0.2) is 0 Å². The van der Waals surface area contributed by atoms with Crippen LogP contribution in [-0.4, -0.2) is 13.0 Å². The maximum absolute atomic E-state index is 11.6. The molecule has 1 rings (SSSR count). The van der Waals surface area contributed by atoms with Crippen LogP contribution in [-0.2, 0) is 4.79 Å². The summed E-state index contributed by atoms with van der Waals surface area (Å²) < 4.78 is 0. The van der Waals surface area contributed by atoms with Crippen molar-refractivity contribution in [1.29, 1.82) is 0 Å². The Bertz CT molecular complexity index is 371. The summed E-state index contributed by atoms with van der Waals surface area (Å²) >= 11 is 0. The van der Waals surface area contributed by atoms with Crippen LogP contribution >= 0.6 is 0 Å². The number of amides is 1. The van der Waals surface area contributed by atoms with Crippen molar-refractivity contribution < 1.29 is 4.79 Å². The molecular weight excluding hydrogens is 190 g/mol. The molecule has 0 saturated heterocycles. The van der Waals surface area contributed by atoms with Crippen molar-refractivity contribution in [2.75, 3.05) is 12.4 Å². The van der Waals surface area contributed by atoms with E-state index in [1.165, 1.54) is 0 Å². The predicted molar refractivity (Wildman–Crippen MR) is 61.0 cm³/mol. The van der Waals surface area contributed by atoms with Gasteiger partial charge in [-0.2, -0.15) is 0 Å². The molecule has 1 amide bonds. The molecule has 80 valence electrons. The number of anilines is 1. The van der Waals surface area contributed by atoms with Gasteiger partial charge in [0.15, 0.2) is 0 Å². The number of para-hydroxylation sites is 1. The zero-order valence-corrected chi connectivity index (χ0v) is 8.87. The molecule has 0 atom stereocenters. The molecule has 0 radical (unpaired) electrons. The van der Waals surface area contributed by atoms with E-state index in [1.54, 1.807) is 26.1 Å². The smallest absolute Gasteiger partial charge is 0.273 e. The maximum Gasteiger partial charge on any atom is 0.273 e. The molecule has 0 aliphatic rings. The maximum atomic E-state index is 11.6. The number of rotatable bonds is 3. The monoisotopic (exact) mass is 205 g/mol. The summed E-state index contributed by atoms with van der Waals surface area (Å²) in [7, 11) is 1.72. The average molecular weight is 205 g/mol. The second-order valence-corrected chi connectivity index (χ2v) is 3.11. The van der Waals surface area contributed by atoms with Crippen LogP contribution in [0.1, 0.15) is 6.92 Å². The second-order valence-electron chi connectivity index (χ2n) is 3.11. The molecule has 0 bridgehead atoms. The van der Waals surface area contributed by atoms with E-state index in [9.17, 15) is 4.79 Å². The Morgan fingerprint density at radius 2 is 1.87 bits per heavy atom. The molecule has 0 aliphatic carbocycles.